The Morgan fingerprint density at radius 1 is 1.25 bits per heavy atom. The highest BCUT2D eigenvalue weighted by atomic mass is 32.2. The van der Waals surface area contributed by atoms with E-state index in [1.807, 2.05) is 13.8 Å². The van der Waals surface area contributed by atoms with Gasteiger partial charge < -0.3 is 4.90 Å². The van der Waals surface area contributed by atoms with Crippen molar-refractivity contribution in [2.24, 2.45) is 0 Å². The first-order chi connectivity index (χ1) is 9.40. The molecule has 1 unspecified atom stereocenters. The van der Waals surface area contributed by atoms with Gasteiger partial charge in [0.1, 0.15) is 5.75 Å². The molecule has 1 aromatic carbocycles. The van der Waals surface area contributed by atoms with Crippen molar-refractivity contribution in [1.29, 1.82) is 0 Å². The van der Waals surface area contributed by atoms with Crippen LogP contribution < -0.4 is 0 Å². The van der Waals surface area contributed by atoms with Gasteiger partial charge in [-0.2, -0.15) is 0 Å². The van der Waals surface area contributed by atoms with E-state index >= 15 is 0 Å². The van der Waals surface area contributed by atoms with Crippen molar-refractivity contribution >= 4 is 15.7 Å². The van der Waals surface area contributed by atoms with Crippen LogP contribution in [0.25, 0.3) is 0 Å². The first kappa shape index (κ1) is 15.0. The molecule has 5 heteroatoms. The second-order valence-corrected chi connectivity index (χ2v) is 7.49. The number of benzene rings is 1. The van der Waals surface area contributed by atoms with Gasteiger partial charge in [0.15, 0.2) is 9.84 Å². The lowest BCUT2D eigenvalue weighted by molar-refractivity contribution is -0.131. The Balaban J connectivity index is 2.11. The highest BCUT2D eigenvalue weighted by Gasteiger charge is 2.27. The van der Waals surface area contributed by atoms with Crippen LogP contribution in [0.2, 0.25) is 0 Å². The zero-order valence-corrected chi connectivity index (χ0v) is 12.8. The molecule has 110 valence electrons. The maximum atomic E-state index is 12.3. The number of carbonyl (C=O) groups is 1. The number of likely N-dealkylation sites (tertiary alicyclic amines) is 1. The lowest BCUT2D eigenvalue weighted by atomic mass is 10.0. The third-order valence-corrected chi connectivity index (χ3v) is 5.43. The molecule has 1 fully saturated rings. The fraction of sp³-hybridized carbons (Fsp3) is 0.533. The van der Waals surface area contributed by atoms with Gasteiger partial charge in [-0.3, -0.25) is 4.79 Å². The van der Waals surface area contributed by atoms with E-state index in [0.717, 1.165) is 24.8 Å². The standard InChI is InChI=1S/C15H21NO3S/c1-12-6-8-14(9-7-12)20(18,19)11-15(17)16-10-4-3-5-13(16)2/h6-9,13H,3-5,10-11H2,1-2H3. The number of sulfone groups is 1. The Morgan fingerprint density at radius 3 is 2.50 bits per heavy atom. The number of rotatable bonds is 3. The van der Waals surface area contributed by atoms with E-state index in [4.69, 9.17) is 0 Å². The highest BCUT2D eigenvalue weighted by molar-refractivity contribution is 7.92. The minimum Gasteiger partial charge on any atom is -0.339 e. The number of hydrogen-bond acceptors (Lipinski definition) is 3. The van der Waals surface area contributed by atoms with Gasteiger partial charge in [0.05, 0.1) is 4.90 Å². The van der Waals surface area contributed by atoms with Gasteiger partial charge >= 0.3 is 0 Å². The summed E-state index contributed by atoms with van der Waals surface area (Å²) in [7, 11) is -3.54. The summed E-state index contributed by atoms with van der Waals surface area (Å²) in [5.74, 6) is -0.710. The molecule has 20 heavy (non-hydrogen) atoms. The number of aryl methyl sites for hydroxylation is 1. The topological polar surface area (TPSA) is 54.5 Å². The van der Waals surface area contributed by atoms with Crippen LogP contribution in [0, 0.1) is 6.92 Å². The van der Waals surface area contributed by atoms with Crippen molar-refractivity contribution < 1.29 is 13.2 Å². The van der Waals surface area contributed by atoms with Gasteiger partial charge in [0.2, 0.25) is 5.91 Å². The SMILES string of the molecule is Cc1ccc(S(=O)(=O)CC(=O)N2CCCCC2C)cc1. The average molecular weight is 295 g/mol. The predicted octanol–water partition coefficient (Wildman–Crippen LogP) is 2.17. The van der Waals surface area contributed by atoms with Crippen molar-refractivity contribution in [2.45, 2.75) is 44.0 Å². The van der Waals surface area contributed by atoms with Gasteiger partial charge in [-0.15, -0.1) is 0 Å². The molecule has 0 spiro atoms. The van der Waals surface area contributed by atoms with Gasteiger partial charge in [-0.05, 0) is 45.2 Å². The van der Waals surface area contributed by atoms with Crippen LogP contribution in [0.15, 0.2) is 29.2 Å². The minimum atomic E-state index is -3.54. The summed E-state index contributed by atoms with van der Waals surface area (Å²) in [4.78, 5) is 14.1. The van der Waals surface area contributed by atoms with Gasteiger partial charge in [-0.1, -0.05) is 17.7 Å². The van der Waals surface area contributed by atoms with Crippen molar-refractivity contribution in [1.82, 2.24) is 4.90 Å². The lowest BCUT2D eigenvalue weighted by Crippen LogP contribution is -2.44. The summed E-state index contributed by atoms with van der Waals surface area (Å²) in [5, 5.41) is 0. The third kappa shape index (κ3) is 3.39. The minimum absolute atomic E-state index is 0.143. The number of piperidine rings is 1. The molecule has 0 N–H and O–H groups in total. The smallest absolute Gasteiger partial charge is 0.238 e. The van der Waals surface area contributed by atoms with Crippen molar-refractivity contribution in [3.05, 3.63) is 29.8 Å². The number of amides is 1. The number of nitrogens with zero attached hydrogens (tertiary/aromatic N) is 1. The van der Waals surface area contributed by atoms with Crippen LogP contribution in [-0.4, -0.2) is 37.6 Å². The van der Waals surface area contributed by atoms with E-state index in [1.165, 1.54) is 0 Å². The molecule has 1 atom stereocenters. The maximum Gasteiger partial charge on any atom is 0.238 e. The second kappa shape index (κ2) is 5.95. The van der Waals surface area contributed by atoms with Crippen molar-refractivity contribution in [2.75, 3.05) is 12.3 Å². The van der Waals surface area contributed by atoms with Gasteiger partial charge in [0, 0.05) is 12.6 Å². The average Bonchev–Trinajstić information content (AvgIpc) is 2.39. The second-order valence-electron chi connectivity index (χ2n) is 5.50. The molecule has 0 saturated carbocycles. The summed E-state index contributed by atoms with van der Waals surface area (Å²) in [6.07, 6.45) is 3.02. The molecule has 2 rings (SSSR count). The summed E-state index contributed by atoms with van der Waals surface area (Å²) < 4.78 is 24.5. The molecule has 0 bridgehead atoms. The van der Waals surface area contributed by atoms with Gasteiger partial charge in [-0.25, -0.2) is 8.42 Å². The molecular formula is C15H21NO3S. The Morgan fingerprint density at radius 2 is 1.90 bits per heavy atom. The molecule has 0 radical (unpaired) electrons. The molecule has 1 aliphatic heterocycles. The maximum absolute atomic E-state index is 12.3. The largest absolute Gasteiger partial charge is 0.339 e. The fourth-order valence-electron chi connectivity index (χ4n) is 2.54. The Kier molecular flexibility index (Phi) is 4.48. The molecule has 1 aliphatic rings. The van der Waals surface area contributed by atoms with Crippen LogP contribution in [-0.2, 0) is 14.6 Å². The van der Waals surface area contributed by atoms with E-state index in [-0.39, 0.29) is 16.8 Å². The quantitative estimate of drug-likeness (QED) is 0.858. The van der Waals surface area contributed by atoms with E-state index in [0.29, 0.717) is 6.54 Å². The monoisotopic (exact) mass is 295 g/mol. The third-order valence-electron chi connectivity index (χ3n) is 3.82. The molecule has 0 aliphatic carbocycles. The normalized spacial score (nSPS) is 19.9. The Hall–Kier alpha value is -1.36. The summed E-state index contributed by atoms with van der Waals surface area (Å²) >= 11 is 0. The van der Waals surface area contributed by atoms with E-state index in [2.05, 4.69) is 0 Å². The van der Waals surface area contributed by atoms with Crippen molar-refractivity contribution in [3.63, 3.8) is 0 Å². The van der Waals surface area contributed by atoms with Crippen molar-refractivity contribution in [3.8, 4) is 0 Å². The summed E-state index contributed by atoms with van der Waals surface area (Å²) in [5.41, 5.74) is 1.000. The van der Waals surface area contributed by atoms with Crippen LogP contribution in [0.3, 0.4) is 0 Å². The predicted molar refractivity (Wildman–Crippen MR) is 78.3 cm³/mol. The summed E-state index contributed by atoms with van der Waals surface area (Å²) in [6, 6.07) is 6.78. The lowest BCUT2D eigenvalue weighted by Gasteiger charge is -2.33. The number of hydrogen-bond donors (Lipinski definition) is 0. The first-order valence-corrected chi connectivity index (χ1v) is 8.64. The van der Waals surface area contributed by atoms with Gasteiger partial charge in [0.25, 0.3) is 0 Å². The first-order valence-electron chi connectivity index (χ1n) is 6.99. The molecule has 1 amide bonds. The molecule has 1 aromatic rings. The highest BCUT2D eigenvalue weighted by Crippen LogP contribution is 2.18. The van der Waals surface area contributed by atoms with Crippen LogP contribution in [0.1, 0.15) is 31.7 Å². The van der Waals surface area contributed by atoms with E-state index < -0.39 is 15.6 Å². The number of carbonyl (C=O) groups excluding carboxylic acids is 1. The van der Waals surface area contributed by atoms with Crippen LogP contribution in [0.5, 0.6) is 0 Å². The Bertz CT molecular complexity index is 578. The molecule has 1 heterocycles. The molecule has 4 nitrogen and oxygen atoms in total. The van der Waals surface area contributed by atoms with Crippen LogP contribution >= 0.6 is 0 Å². The molecule has 1 saturated heterocycles. The zero-order valence-electron chi connectivity index (χ0n) is 12.0. The summed E-state index contributed by atoms with van der Waals surface area (Å²) in [6.45, 7) is 4.55. The molecule has 0 aromatic heterocycles. The zero-order chi connectivity index (χ0) is 14.8. The Labute approximate surface area is 120 Å². The molecular weight excluding hydrogens is 274 g/mol. The van der Waals surface area contributed by atoms with E-state index in [1.54, 1.807) is 29.2 Å². The fourth-order valence-corrected chi connectivity index (χ4v) is 3.75. The van der Waals surface area contributed by atoms with E-state index in [9.17, 15) is 13.2 Å². The van der Waals surface area contributed by atoms with Crippen LogP contribution in [0.4, 0.5) is 0 Å².